The zero-order valence-corrected chi connectivity index (χ0v) is 8.41. The summed E-state index contributed by atoms with van der Waals surface area (Å²) in [6, 6.07) is 2.00. The maximum Gasteiger partial charge on any atom is 0.177 e. The summed E-state index contributed by atoms with van der Waals surface area (Å²) in [5.74, 6) is 1.37. The molecule has 74 valence electrons. The summed E-state index contributed by atoms with van der Waals surface area (Å²) < 4.78 is 0. The van der Waals surface area contributed by atoms with Crippen LogP contribution in [0.3, 0.4) is 0 Å². The van der Waals surface area contributed by atoms with E-state index in [1.165, 1.54) is 0 Å². The van der Waals surface area contributed by atoms with Gasteiger partial charge in [0.25, 0.3) is 0 Å². The smallest absolute Gasteiger partial charge is 0.177 e. The van der Waals surface area contributed by atoms with Gasteiger partial charge in [0.15, 0.2) is 5.65 Å². The molecular formula is C10H14N4. The van der Waals surface area contributed by atoms with Gasteiger partial charge >= 0.3 is 0 Å². The van der Waals surface area contributed by atoms with E-state index in [9.17, 15) is 0 Å². The Morgan fingerprint density at radius 2 is 2.29 bits per heavy atom. The molecule has 0 unspecified atom stereocenters. The molecule has 0 fully saturated rings. The Hall–Kier alpha value is -1.42. The molecular weight excluding hydrogens is 176 g/mol. The van der Waals surface area contributed by atoms with Crippen molar-refractivity contribution < 1.29 is 0 Å². The minimum Gasteiger partial charge on any atom is -0.340 e. The SMILES string of the molecule is CC(C)c1nc2ncc(CN)cc2[nH]1. The molecule has 0 aromatic carbocycles. The Bertz CT molecular complexity index is 444. The van der Waals surface area contributed by atoms with Gasteiger partial charge in [-0.1, -0.05) is 13.8 Å². The summed E-state index contributed by atoms with van der Waals surface area (Å²) >= 11 is 0. The normalized spacial score (nSPS) is 11.4. The summed E-state index contributed by atoms with van der Waals surface area (Å²) in [4.78, 5) is 11.9. The highest BCUT2D eigenvalue weighted by Gasteiger charge is 2.07. The van der Waals surface area contributed by atoms with Crippen LogP contribution in [0.15, 0.2) is 12.3 Å². The van der Waals surface area contributed by atoms with Crippen LogP contribution in [0.2, 0.25) is 0 Å². The second-order valence-corrected chi connectivity index (χ2v) is 3.70. The van der Waals surface area contributed by atoms with E-state index in [0.29, 0.717) is 12.5 Å². The van der Waals surface area contributed by atoms with E-state index in [1.807, 2.05) is 6.07 Å². The highest BCUT2D eigenvalue weighted by molar-refractivity contribution is 5.71. The van der Waals surface area contributed by atoms with Crippen LogP contribution in [0.4, 0.5) is 0 Å². The van der Waals surface area contributed by atoms with Crippen molar-refractivity contribution in [3.63, 3.8) is 0 Å². The lowest BCUT2D eigenvalue weighted by Crippen LogP contribution is -1.96. The fourth-order valence-corrected chi connectivity index (χ4v) is 1.35. The van der Waals surface area contributed by atoms with Crippen molar-refractivity contribution in [1.29, 1.82) is 0 Å². The van der Waals surface area contributed by atoms with E-state index in [-0.39, 0.29) is 0 Å². The van der Waals surface area contributed by atoms with Gasteiger partial charge in [-0.2, -0.15) is 0 Å². The van der Waals surface area contributed by atoms with E-state index >= 15 is 0 Å². The van der Waals surface area contributed by atoms with Crippen molar-refractivity contribution in [2.45, 2.75) is 26.3 Å². The van der Waals surface area contributed by atoms with E-state index in [0.717, 1.165) is 22.6 Å². The summed E-state index contributed by atoms with van der Waals surface area (Å²) in [5, 5.41) is 0. The van der Waals surface area contributed by atoms with E-state index < -0.39 is 0 Å². The number of hydrogen-bond acceptors (Lipinski definition) is 3. The van der Waals surface area contributed by atoms with Gasteiger partial charge in [-0.3, -0.25) is 0 Å². The summed E-state index contributed by atoms with van der Waals surface area (Å²) in [6.07, 6.45) is 1.77. The zero-order valence-electron chi connectivity index (χ0n) is 8.41. The first-order valence-corrected chi connectivity index (χ1v) is 4.75. The number of nitrogens with two attached hydrogens (primary N) is 1. The quantitative estimate of drug-likeness (QED) is 0.754. The lowest BCUT2D eigenvalue weighted by atomic mass is 10.2. The van der Waals surface area contributed by atoms with Gasteiger partial charge in [0, 0.05) is 18.7 Å². The number of hydrogen-bond donors (Lipinski definition) is 2. The lowest BCUT2D eigenvalue weighted by Gasteiger charge is -1.95. The maximum absolute atomic E-state index is 5.53. The molecule has 0 saturated heterocycles. The van der Waals surface area contributed by atoms with Crippen LogP contribution in [-0.2, 0) is 6.54 Å². The van der Waals surface area contributed by atoms with Gasteiger partial charge in [-0.15, -0.1) is 0 Å². The van der Waals surface area contributed by atoms with Crippen LogP contribution in [0.25, 0.3) is 11.2 Å². The number of nitrogens with one attached hydrogen (secondary N) is 1. The van der Waals surface area contributed by atoms with Gasteiger partial charge in [0.05, 0.1) is 5.52 Å². The van der Waals surface area contributed by atoms with Gasteiger partial charge in [0.2, 0.25) is 0 Å². The van der Waals surface area contributed by atoms with Gasteiger partial charge in [-0.25, -0.2) is 9.97 Å². The molecule has 0 saturated carbocycles. The Balaban J connectivity index is 2.54. The molecule has 0 spiro atoms. The third-order valence-electron chi connectivity index (χ3n) is 2.19. The van der Waals surface area contributed by atoms with Crippen LogP contribution in [0, 0.1) is 0 Å². The maximum atomic E-state index is 5.53. The highest BCUT2D eigenvalue weighted by Crippen LogP contribution is 2.15. The number of imidazole rings is 1. The summed E-state index contributed by atoms with van der Waals surface area (Å²) in [5.41, 5.74) is 8.30. The molecule has 0 aliphatic carbocycles. The Kier molecular flexibility index (Phi) is 2.21. The number of fused-ring (bicyclic) bond motifs is 1. The third-order valence-corrected chi connectivity index (χ3v) is 2.19. The fraction of sp³-hybridized carbons (Fsp3) is 0.400. The molecule has 14 heavy (non-hydrogen) atoms. The van der Waals surface area contributed by atoms with Crippen molar-refractivity contribution in [3.05, 3.63) is 23.7 Å². The molecule has 2 heterocycles. The van der Waals surface area contributed by atoms with Crippen LogP contribution in [0.5, 0.6) is 0 Å². The molecule has 0 bridgehead atoms. The second kappa shape index (κ2) is 3.38. The highest BCUT2D eigenvalue weighted by atomic mass is 15.0. The average molecular weight is 190 g/mol. The van der Waals surface area contributed by atoms with Crippen molar-refractivity contribution in [1.82, 2.24) is 15.0 Å². The van der Waals surface area contributed by atoms with Gasteiger partial charge in [0.1, 0.15) is 5.82 Å². The number of rotatable bonds is 2. The standard InChI is InChI=1S/C10H14N4/c1-6(2)9-13-8-3-7(4-11)5-12-10(8)14-9/h3,5-6H,4,11H2,1-2H3,(H,12,13,14). The molecule has 4 nitrogen and oxygen atoms in total. The molecule has 0 amide bonds. The molecule has 2 aromatic heterocycles. The molecule has 0 aliphatic rings. The minimum atomic E-state index is 0.394. The zero-order chi connectivity index (χ0) is 10.1. The van der Waals surface area contributed by atoms with E-state index in [2.05, 4.69) is 28.8 Å². The summed E-state index contributed by atoms with van der Waals surface area (Å²) in [6.45, 7) is 4.71. The first kappa shape index (κ1) is 9.15. The van der Waals surface area contributed by atoms with Crippen LogP contribution in [0.1, 0.15) is 31.2 Å². The fourth-order valence-electron chi connectivity index (χ4n) is 1.35. The van der Waals surface area contributed by atoms with E-state index in [4.69, 9.17) is 5.73 Å². The summed E-state index contributed by atoms with van der Waals surface area (Å²) in [7, 11) is 0. The monoisotopic (exact) mass is 190 g/mol. The average Bonchev–Trinajstić information content (AvgIpc) is 2.59. The first-order chi connectivity index (χ1) is 6.70. The Labute approximate surface area is 82.6 Å². The number of aromatic amines is 1. The number of aromatic nitrogens is 3. The number of nitrogens with zero attached hydrogens (tertiary/aromatic N) is 2. The third kappa shape index (κ3) is 1.48. The van der Waals surface area contributed by atoms with Crippen molar-refractivity contribution in [2.75, 3.05) is 0 Å². The largest absolute Gasteiger partial charge is 0.340 e. The Morgan fingerprint density at radius 3 is 2.93 bits per heavy atom. The van der Waals surface area contributed by atoms with E-state index in [1.54, 1.807) is 6.20 Å². The molecule has 0 radical (unpaired) electrons. The predicted molar refractivity (Wildman–Crippen MR) is 55.9 cm³/mol. The van der Waals surface area contributed by atoms with Crippen molar-refractivity contribution >= 4 is 11.2 Å². The molecule has 2 rings (SSSR count). The van der Waals surface area contributed by atoms with Crippen LogP contribution >= 0.6 is 0 Å². The van der Waals surface area contributed by atoms with Crippen LogP contribution < -0.4 is 5.73 Å². The number of H-pyrrole nitrogens is 1. The predicted octanol–water partition coefficient (Wildman–Crippen LogP) is 1.54. The first-order valence-electron chi connectivity index (χ1n) is 4.75. The molecule has 0 atom stereocenters. The minimum absolute atomic E-state index is 0.394. The molecule has 4 heteroatoms. The Morgan fingerprint density at radius 1 is 1.50 bits per heavy atom. The van der Waals surface area contributed by atoms with Gasteiger partial charge < -0.3 is 10.7 Å². The second-order valence-electron chi connectivity index (χ2n) is 3.70. The van der Waals surface area contributed by atoms with Gasteiger partial charge in [-0.05, 0) is 11.6 Å². The number of pyridine rings is 1. The lowest BCUT2D eigenvalue weighted by molar-refractivity contribution is 0.798. The molecule has 3 N–H and O–H groups in total. The van der Waals surface area contributed by atoms with Crippen molar-refractivity contribution in [3.8, 4) is 0 Å². The molecule has 0 aliphatic heterocycles. The van der Waals surface area contributed by atoms with Crippen molar-refractivity contribution in [2.24, 2.45) is 5.73 Å². The van der Waals surface area contributed by atoms with Crippen LogP contribution in [-0.4, -0.2) is 15.0 Å². The molecule has 2 aromatic rings. The topological polar surface area (TPSA) is 67.6 Å².